The van der Waals surface area contributed by atoms with Crippen LogP contribution >= 0.6 is 11.3 Å². The number of Topliss-reactive ketones (excluding diaryl/α,β-unsaturated/α-hetero) is 1. The quantitative estimate of drug-likeness (QED) is 0.768. The van der Waals surface area contributed by atoms with E-state index in [-0.39, 0.29) is 5.41 Å². The molecule has 0 N–H and O–H groups in total. The molecule has 0 radical (unpaired) electrons. The molecular formula is C12H17NOS. The van der Waals surface area contributed by atoms with Crippen molar-refractivity contribution >= 4 is 17.1 Å². The predicted molar refractivity (Wildman–Crippen MR) is 63.0 cm³/mol. The van der Waals surface area contributed by atoms with Gasteiger partial charge in [0.05, 0.1) is 6.54 Å². The van der Waals surface area contributed by atoms with Crippen molar-refractivity contribution in [3.8, 4) is 0 Å². The number of piperidine rings is 1. The average molecular weight is 223 g/mol. The summed E-state index contributed by atoms with van der Waals surface area (Å²) in [5.74, 6) is 0.380. The molecule has 0 saturated carbocycles. The Morgan fingerprint density at radius 2 is 2.33 bits per heavy atom. The molecular weight excluding hydrogens is 206 g/mol. The van der Waals surface area contributed by atoms with E-state index in [9.17, 15) is 4.79 Å². The SMILES string of the molecule is CC1(C)CCN(Cc2cccs2)CC1=O. The maximum Gasteiger partial charge on any atom is 0.152 e. The van der Waals surface area contributed by atoms with Gasteiger partial charge >= 0.3 is 0 Å². The lowest BCUT2D eigenvalue weighted by Gasteiger charge is -2.35. The van der Waals surface area contributed by atoms with Gasteiger partial charge in [0, 0.05) is 16.8 Å². The highest BCUT2D eigenvalue weighted by molar-refractivity contribution is 7.09. The maximum atomic E-state index is 11.8. The Hall–Kier alpha value is -0.670. The van der Waals surface area contributed by atoms with E-state index in [0.717, 1.165) is 19.5 Å². The lowest BCUT2D eigenvalue weighted by molar-refractivity contribution is -0.132. The lowest BCUT2D eigenvalue weighted by Crippen LogP contribution is -2.44. The Morgan fingerprint density at radius 3 is 2.93 bits per heavy atom. The van der Waals surface area contributed by atoms with Gasteiger partial charge < -0.3 is 0 Å². The summed E-state index contributed by atoms with van der Waals surface area (Å²) in [4.78, 5) is 15.4. The Balaban J connectivity index is 1.95. The standard InChI is InChI=1S/C12H17NOS/c1-12(2)5-6-13(9-11(12)14)8-10-4-3-7-15-10/h3-4,7H,5-6,8-9H2,1-2H3. The fraction of sp³-hybridized carbons (Fsp3) is 0.583. The van der Waals surface area contributed by atoms with Crippen molar-refractivity contribution in [2.75, 3.05) is 13.1 Å². The summed E-state index contributed by atoms with van der Waals surface area (Å²) in [6, 6.07) is 4.20. The van der Waals surface area contributed by atoms with E-state index in [1.807, 2.05) is 0 Å². The zero-order valence-corrected chi connectivity index (χ0v) is 10.1. The van der Waals surface area contributed by atoms with E-state index in [1.165, 1.54) is 4.88 Å². The molecule has 2 nitrogen and oxygen atoms in total. The minimum Gasteiger partial charge on any atom is -0.298 e. The van der Waals surface area contributed by atoms with Gasteiger partial charge in [0.2, 0.25) is 0 Å². The molecule has 2 rings (SSSR count). The van der Waals surface area contributed by atoms with Crippen LogP contribution in [0.15, 0.2) is 17.5 Å². The van der Waals surface area contributed by atoms with Crippen LogP contribution in [-0.2, 0) is 11.3 Å². The van der Waals surface area contributed by atoms with Gasteiger partial charge in [0.25, 0.3) is 0 Å². The molecule has 0 spiro atoms. The fourth-order valence-electron chi connectivity index (χ4n) is 1.83. The number of hydrogen-bond acceptors (Lipinski definition) is 3. The molecule has 1 aliphatic rings. The molecule has 1 aromatic heterocycles. The Labute approximate surface area is 94.9 Å². The Morgan fingerprint density at radius 1 is 1.53 bits per heavy atom. The predicted octanol–water partition coefficient (Wildman–Crippen LogP) is 2.55. The molecule has 1 aromatic rings. The third kappa shape index (κ3) is 2.47. The molecule has 0 unspecified atom stereocenters. The molecule has 0 aromatic carbocycles. The number of hydrogen-bond donors (Lipinski definition) is 0. The van der Waals surface area contributed by atoms with E-state index < -0.39 is 0 Å². The van der Waals surface area contributed by atoms with Gasteiger partial charge in [-0.25, -0.2) is 0 Å². The molecule has 15 heavy (non-hydrogen) atoms. The van der Waals surface area contributed by atoms with Gasteiger partial charge in [-0.15, -0.1) is 11.3 Å². The molecule has 0 atom stereocenters. The van der Waals surface area contributed by atoms with Gasteiger partial charge in [0.15, 0.2) is 5.78 Å². The minimum atomic E-state index is -0.105. The summed E-state index contributed by atoms with van der Waals surface area (Å²) >= 11 is 1.76. The third-order valence-electron chi connectivity index (χ3n) is 3.13. The molecule has 0 aliphatic carbocycles. The minimum absolute atomic E-state index is 0.105. The van der Waals surface area contributed by atoms with Crippen LogP contribution in [-0.4, -0.2) is 23.8 Å². The van der Waals surface area contributed by atoms with Crippen LogP contribution in [0.1, 0.15) is 25.1 Å². The highest BCUT2D eigenvalue weighted by Gasteiger charge is 2.33. The Bertz CT molecular complexity index is 343. The largest absolute Gasteiger partial charge is 0.298 e. The highest BCUT2D eigenvalue weighted by Crippen LogP contribution is 2.27. The number of carbonyl (C=O) groups excluding carboxylic acids is 1. The number of rotatable bonds is 2. The first-order valence-electron chi connectivity index (χ1n) is 5.36. The first kappa shape index (κ1) is 10.8. The summed E-state index contributed by atoms with van der Waals surface area (Å²) in [6.07, 6.45) is 0.983. The number of nitrogens with zero attached hydrogens (tertiary/aromatic N) is 1. The Kier molecular flexibility index (Phi) is 2.94. The molecule has 1 aliphatic heterocycles. The normalized spacial score (nSPS) is 21.9. The van der Waals surface area contributed by atoms with Crippen molar-refractivity contribution in [1.82, 2.24) is 4.90 Å². The van der Waals surface area contributed by atoms with Crippen molar-refractivity contribution in [1.29, 1.82) is 0 Å². The van der Waals surface area contributed by atoms with Gasteiger partial charge in [-0.1, -0.05) is 19.9 Å². The third-order valence-corrected chi connectivity index (χ3v) is 4.00. The summed E-state index contributed by atoms with van der Waals surface area (Å²) in [7, 11) is 0. The second-order valence-electron chi connectivity index (χ2n) is 4.85. The second-order valence-corrected chi connectivity index (χ2v) is 5.88. The van der Waals surface area contributed by atoms with Crippen molar-refractivity contribution in [2.24, 2.45) is 5.41 Å². The van der Waals surface area contributed by atoms with Crippen molar-refractivity contribution in [3.63, 3.8) is 0 Å². The molecule has 3 heteroatoms. The average Bonchev–Trinajstić information content (AvgIpc) is 2.65. The van der Waals surface area contributed by atoms with Crippen LogP contribution in [0, 0.1) is 5.41 Å². The van der Waals surface area contributed by atoms with Crippen LogP contribution in [0.25, 0.3) is 0 Å². The first-order valence-corrected chi connectivity index (χ1v) is 6.24. The van der Waals surface area contributed by atoms with Gasteiger partial charge in [0.1, 0.15) is 0 Å². The first-order chi connectivity index (χ1) is 7.08. The van der Waals surface area contributed by atoms with Crippen molar-refractivity contribution in [2.45, 2.75) is 26.8 Å². The van der Waals surface area contributed by atoms with E-state index in [2.05, 4.69) is 36.3 Å². The molecule has 82 valence electrons. The molecule has 2 heterocycles. The van der Waals surface area contributed by atoms with E-state index in [0.29, 0.717) is 12.3 Å². The van der Waals surface area contributed by atoms with Crippen molar-refractivity contribution in [3.05, 3.63) is 22.4 Å². The second kappa shape index (κ2) is 4.06. The van der Waals surface area contributed by atoms with Crippen LogP contribution in [0.2, 0.25) is 0 Å². The number of carbonyl (C=O) groups is 1. The van der Waals surface area contributed by atoms with Crippen LogP contribution in [0.3, 0.4) is 0 Å². The lowest BCUT2D eigenvalue weighted by atomic mass is 9.81. The highest BCUT2D eigenvalue weighted by atomic mass is 32.1. The zero-order valence-electron chi connectivity index (χ0n) is 9.32. The van der Waals surface area contributed by atoms with E-state index in [4.69, 9.17) is 0 Å². The van der Waals surface area contributed by atoms with Crippen LogP contribution < -0.4 is 0 Å². The summed E-state index contributed by atoms with van der Waals surface area (Å²) in [5, 5.41) is 2.09. The number of likely N-dealkylation sites (tertiary alicyclic amines) is 1. The number of thiophene rings is 1. The molecule has 1 saturated heterocycles. The van der Waals surface area contributed by atoms with Gasteiger partial charge in [-0.05, 0) is 24.4 Å². The van der Waals surface area contributed by atoms with Gasteiger partial charge in [-0.3, -0.25) is 9.69 Å². The van der Waals surface area contributed by atoms with Crippen LogP contribution in [0.5, 0.6) is 0 Å². The molecule has 1 fully saturated rings. The van der Waals surface area contributed by atoms with E-state index >= 15 is 0 Å². The molecule has 0 amide bonds. The summed E-state index contributed by atoms with van der Waals surface area (Å²) in [6.45, 7) is 6.69. The van der Waals surface area contributed by atoms with Crippen molar-refractivity contribution < 1.29 is 4.79 Å². The number of ketones is 1. The zero-order chi connectivity index (χ0) is 10.9. The van der Waals surface area contributed by atoms with E-state index in [1.54, 1.807) is 11.3 Å². The van der Waals surface area contributed by atoms with Crippen LogP contribution in [0.4, 0.5) is 0 Å². The maximum absolute atomic E-state index is 11.8. The fourth-order valence-corrected chi connectivity index (χ4v) is 2.58. The monoisotopic (exact) mass is 223 g/mol. The topological polar surface area (TPSA) is 20.3 Å². The molecule has 0 bridgehead atoms. The summed E-state index contributed by atoms with van der Waals surface area (Å²) in [5.41, 5.74) is -0.105. The smallest absolute Gasteiger partial charge is 0.152 e. The van der Waals surface area contributed by atoms with Gasteiger partial charge in [-0.2, -0.15) is 0 Å². The summed E-state index contributed by atoms with van der Waals surface area (Å²) < 4.78 is 0.